The van der Waals surface area contributed by atoms with Crippen molar-refractivity contribution in [3.63, 3.8) is 0 Å². The van der Waals surface area contributed by atoms with Crippen molar-refractivity contribution in [3.8, 4) is 0 Å². The van der Waals surface area contributed by atoms with Gasteiger partial charge < -0.3 is 15.0 Å². The Bertz CT molecular complexity index is 697. The van der Waals surface area contributed by atoms with Gasteiger partial charge in [-0.2, -0.15) is 0 Å². The molecule has 1 aromatic heterocycles. The number of hydrogen-bond acceptors (Lipinski definition) is 2. The minimum absolute atomic E-state index is 0.0564. The summed E-state index contributed by atoms with van der Waals surface area (Å²) in [6.45, 7) is 0. The Balaban J connectivity index is 2.33. The monoisotopic (exact) mass is 356 g/mol. The number of rotatable bonds is 3. The Morgan fingerprint density at radius 1 is 1.35 bits per heavy atom. The van der Waals surface area contributed by atoms with E-state index in [0.717, 1.165) is 4.47 Å². The summed E-state index contributed by atoms with van der Waals surface area (Å²) >= 11 is 9.03. The Morgan fingerprint density at radius 2 is 2.05 bits per heavy atom. The molecule has 0 bridgehead atoms. The smallest absolute Gasteiger partial charge is 0.337 e. The zero-order valence-corrected chi connectivity index (χ0v) is 12.7. The molecule has 0 saturated heterocycles. The van der Waals surface area contributed by atoms with E-state index in [-0.39, 0.29) is 11.3 Å². The number of carbonyl (C=O) groups excluding carboxylic acids is 1. The van der Waals surface area contributed by atoms with Crippen LogP contribution in [0.5, 0.6) is 0 Å². The van der Waals surface area contributed by atoms with Crippen LogP contribution in [0.4, 0.5) is 5.69 Å². The van der Waals surface area contributed by atoms with E-state index < -0.39 is 11.9 Å². The SMILES string of the molecule is Cn1cc(Br)cc1C(=O)Nc1ccc(Cl)cc1C(=O)O. The highest BCUT2D eigenvalue weighted by Crippen LogP contribution is 2.22. The number of halogens is 2. The molecule has 0 radical (unpaired) electrons. The van der Waals surface area contributed by atoms with Gasteiger partial charge in [0.25, 0.3) is 5.91 Å². The van der Waals surface area contributed by atoms with Gasteiger partial charge in [-0.3, -0.25) is 4.79 Å². The van der Waals surface area contributed by atoms with E-state index in [1.807, 2.05) is 0 Å². The summed E-state index contributed by atoms with van der Waals surface area (Å²) in [7, 11) is 1.72. The molecule has 1 aromatic carbocycles. The van der Waals surface area contributed by atoms with Crippen molar-refractivity contribution in [1.29, 1.82) is 0 Å². The maximum absolute atomic E-state index is 12.1. The number of nitrogens with zero attached hydrogens (tertiary/aromatic N) is 1. The first-order valence-corrected chi connectivity index (χ1v) is 6.71. The molecule has 0 aliphatic carbocycles. The van der Waals surface area contributed by atoms with Gasteiger partial charge >= 0.3 is 5.97 Å². The average molecular weight is 358 g/mol. The molecule has 0 aliphatic rings. The van der Waals surface area contributed by atoms with Gasteiger partial charge in [0.2, 0.25) is 0 Å². The molecule has 0 unspecified atom stereocenters. The van der Waals surface area contributed by atoms with Crippen LogP contribution < -0.4 is 5.32 Å². The van der Waals surface area contributed by atoms with E-state index in [0.29, 0.717) is 10.7 Å². The number of aromatic carboxylic acids is 1. The predicted octanol–water partition coefficient (Wildman–Crippen LogP) is 3.39. The Labute approximate surface area is 128 Å². The van der Waals surface area contributed by atoms with Crippen LogP contribution in [0.25, 0.3) is 0 Å². The molecule has 2 aromatic rings. The zero-order chi connectivity index (χ0) is 14.9. The molecule has 1 heterocycles. The summed E-state index contributed by atoms with van der Waals surface area (Å²) in [6, 6.07) is 5.91. The predicted molar refractivity (Wildman–Crippen MR) is 79.5 cm³/mol. The molecule has 104 valence electrons. The van der Waals surface area contributed by atoms with Crippen molar-refractivity contribution in [1.82, 2.24) is 4.57 Å². The van der Waals surface area contributed by atoms with E-state index in [1.165, 1.54) is 18.2 Å². The Kier molecular flexibility index (Phi) is 4.15. The lowest BCUT2D eigenvalue weighted by Gasteiger charge is -2.09. The van der Waals surface area contributed by atoms with E-state index in [1.54, 1.807) is 23.9 Å². The van der Waals surface area contributed by atoms with Crippen molar-refractivity contribution >= 4 is 45.1 Å². The van der Waals surface area contributed by atoms with Gasteiger partial charge in [-0.25, -0.2) is 4.79 Å². The fourth-order valence-corrected chi connectivity index (χ4v) is 2.43. The largest absolute Gasteiger partial charge is 0.478 e. The number of anilines is 1. The molecule has 0 spiro atoms. The van der Waals surface area contributed by atoms with E-state index >= 15 is 0 Å². The molecule has 1 amide bonds. The maximum atomic E-state index is 12.1. The summed E-state index contributed by atoms with van der Waals surface area (Å²) in [4.78, 5) is 23.3. The molecule has 0 atom stereocenters. The molecule has 5 nitrogen and oxygen atoms in total. The molecule has 0 fully saturated rings. The summed E-state index contributed by atoms with van der Waals surface area (Å²) < 4.78 is 2.40. The number of aromatic nitrogens is 1. The van der Waals surface area contributed by atoms with Crippen molar-refractivity contribution in [2.45, 2.75) is 0 Å². The van der Waals surface area contributed by atoms with Crippen LogP contribution >= 0.6 is 27.5 Å². The van der Waals surface area contributed by atoms with Gasteiger partial charge in [0, 0.05) is 22.7 Å². The number of carboxylic acids is 1. The third kappa shape index (κ3) is 3.02. The van der Waals surface area contributed by atoms with Crippen LogP contribution in [0, 0.1) is 0 Å². The number of nitrogens with one attached hydrogen (secondary N) is 1. The topological polar surface area (TPSA) is 71.3 Å². The first kappa shape index (κ1) is 14.6. The number of benzene rings is 1. The number of aryl methyl sites for hydroxylation is 1. The molecule has 2 N–H and O–H groups in total. The third-order valence-electron chi connectivity index (χ3n) is 2.66. The van der Waals surface area contributed by atoms with Crippen LogP contribution in [0.15, 0.2) is 34.9 Å². The van der Waals surface area contributed by atoms with Gasteiger partial charge in [0.05, 0.1) is 11.3 Å². The van der Waals surface area contributed by atoms with Gasteiger partial charge in [-0.15, -0.1) is 0 Å². The molecular formula is C13H10BrClN2O3. The van der Waals surface area contributed by atoms with Gasteiger partial charge in [0.15, 0.2) is 0 Å². The highest BCUT2D eigenvalue weighted by Gasteiger charge is 2.16. The van der Waals surface area contributed by atoms with Gasteiger partial charge in [-0.1, -0.05) is 11.6 Å². The minimum atomic E-state index is -1.16. The molecule has 7 heteroatoms. The molecular weight excluding hydrogens is 348 g/mol. The van der Waals surface area contributed by atoms with Crippen molar-refractivity contribution in [2.24, 2.45) is 7.05 Å². The first-order chi connectivity index (χ1) is 9.38. The quantitative estimate of drug-likeness (QED) is 0.884. The van der Waals surface area contributed by atoms with E-state index in [4.69, 9.17) is 16.7 Å². The van der Waals surface area contributed by atoms with Crippen molar-refractivity contribution in [2.75, 3.05) is 5.32 Å². The van der Waals surface area contributed by atoms with Crippen LogP contribution in [-0.2, 0) is 7.05 Å². The van der Waals surface area contributed by atoms with Crippen molar-refractivity contribution in [3.05, 3.63) is 51.2 Å². The Hall–Kier alpha value is -1.79. The molecule has 20 heavy (non-hydrogen) atoms. The van der Waals surface area contributed by atoms with Crippen LogP contribution in [0.1, 0.15) is 20.8 Å². The first-order valence-electron chi connectivity index (χ1n) is 5.54. The van der Waals surface area contributed by atoms with E-state index in [9.17, 15) is 9.59 Å². The molecule has 0 aliphatic heterocycles. The zero-order valence-electron chi connectivity index (χ0n) is 10.4. The maximum Gasteiger partial charge on any atom is 0.337 e. The fraction of sp³-hybridized carbons (Fsp3) is 0.0769. The summed E-state index contributed by atoms with van der Waals surface area (Å²) in [5, 5.41) is 12.0. The summed E-state index contributed by atoms with van der Waals surface area (Å²) in [6.07, 6.45) is 1.73. The number of carbonyl (C=O) groups is 2. The average Bonchev–Trinajstić information content (AvgIpc) is 2.70. The summed E-state index contributed by atoms with van der Waals surface area (Å²) in [5.41, 5.74) is 0.548. The number of carboxylic acid groups (broad SMARTS) is 1. The highest BCUT2D eigenvalue weighted by atomic mass is 79.9. The van der Waals surface area contributed by atoms with Crippen molar-refractivity contribution < 1.29 is 14.7 Å². The Morgan fingerprint density at radius 3 is 2.60 bits per heavy atom. The van der Waals surface area contributed by atoms with Gasteiger partial charge in [-0.05, 0) is 40.2 Å². The second kappa shape index (κ2) is 5.68. The fourth-order valence-electron chi connectivity index (χ4n) is 1.74. The second-order valence-electron chi connectivity index (χ2n) is 4.10. The van der Waals surface area contributed by atoms with Crippen LogP contribution in [0.3, 0.4) is 0 Å². The highest BCUT2D eigenvalue weighted by molar-refractivity contribution is 9.10. The lowest BCUT2D eigenvalue weighted by molar-refractivity contribution is 0.0698. The molecule has 0 saturated carbocycles. The standard InChI is InChI=1S/C13H10BrClN2O3/c1-17-6-7(14)4-11(17)12(18)16-10-3-2-8(15)5-9(10)13(19)20/h2-6H,1H3,(H,16,18)(H,19,20). The van der Waals surface area contributed by atoms with Crippen LogP contribution in [-0.4, -0.2) is 21.6 Å². The normalized spacial score (nSPS) is 10.3. The lowest BCUT2D eigenvalue weighted by atomic mass is 10.1. The third-order valence-corrected chi connectivity index (χ3v) is 3.33. The lowest BCUT2D eigenvalue weighted by Crippen LogP contribution is -2.17. The number of amides is 1. The summed E-state index contributed by atoms with van der Waals surface area (Å²) in [5.74, 6) is -1.56. The minimum Gasteiger partial charge on any atom is -0.478 e. The van der Waals surface area contributed by atoms with Crippen LogP contribution in [0.2, 0.25) is 5.02 Å². The second-order valence-corrected chi connectivity index (χ2v) is 5.46. The van der Waals surface area contributed by atoms with Gasteiger partial charge in [0.1, 0.15) is 5.69 Å². The number of hydrogen-bond donors (Lipinski definition) is 2. The molecule has 2 rings (SSSR count). The van der Waals surface area contributed by atoms with E-state index in [2.05, 4.69) is 21.2 Å².